The molecule has 0 unspecified atom stereocenters. The van der Waals surface area contributed by atoms with Crippen molar-refractivity contribution in [3.63, 3.8) is 0 Å². The second kappa shape index (κ2) is 16.6. The fourth-order valence-electron chi connectivity index (χ4n) is 4.85. The monoisotopic (exact) mass is 529 g/mol. The molecule has 0 radical (unpaired) electrons. The third-order valence-corrected chi connectivity index (χ3v) is 7.99. The van der Waals surface area contributed by atoms with Crippen LogP contribution in [0.1, 0.15) is 81.6 Å². The fourth-order valence-corrected chi connectivity index (χ4v) is 5.57. The van der Waals surface area contributed by atoms with Gasteiger partial charge in [-0.25, -0.2) is 4.39 Å². The average Bonchev–Trinajstić information content (AvgIpc) is 3.61. The maximum Gasteiger partial charge on any atom is 0.242 e. The summed E-state index contributed by atoms with van der Waals surface area (Å²) in [6.45, 7) is 6.74. The SMILES string of the molecule is CCCCCCCCCC(=O)N(CCN1CCCC1)CC(=O)N(Cc1ccc(F)cc1)Cc1cccs1. The van der Waals surface area contributed by atoms with Crippen LogP contribution < -0.4 is 0 Å². The number of benzene rings is 1. The zero-order chi connectivity index (χ0) is 26.3. The summed E-state index contributed by atoms with van der Waals surface area (Å²) in [7, 11) is 0. The fraction of sp³-hybridized carbons (Fsp3) is 0.600. The Balaban J connectivity index is 1.61. The van der Waals surface area contributed by atoms with Crippen LogP contribution in [-0.2, 0) is 22.7 Å². The first-order valence-corrected chi connectivity index (χ1v) is 15.0. The van der Waals surface area contributed by atoms with E-state index in [-0.39, 0.29) is 24.2 Å². The Bertz CT molecular complexity index is 913. The van der Waals surface area contributed by atoms with Crippen LogP contribution in [0.15, 0.2) is 41.8 Å². The van der Waals surface area contributed by atoms with Crippen molar-refractivity contribution in [2.75, 3.05) is 32.7 Å². The Hall–Kier alpha value is -2.25. The maximum atomic E-state index is 13.6. The number of rotatable bonds is 17. The summed E-state index contributed by atoms with van der Waals surface area (Å²) in [6, 6.07) is 10.3. The van der Waals surface area contributed by atoms with Gasteiger partial charge >= 0.3 is 0 Å². The normalized spacial score (nSPS) is 13.7. The number of unbranched alkanes of at least 4 members (excludes halogenated alkanes) is 6. The lowest BCUT2D eigenvalue weighted by atomic mass is 10.1. The van der Waals surface area contributed by atoms with Crippen molar-refractivity contribution in [3.8, 4) is 0 Å². The zero-order valence-electron chi connectivity index (χ0n) is 22.5. The molecule has 0 N–H and O–H groups in total. The highest BCUT2D eigenvalue weighted by Gasteiger charge is 2.23. The average molecular weight is 530 g/mol. The minimum absolute atomic E-state index is 0.0629. The molecule has 1 saturated heterocycles. The Morgan fingerprint density at radius 1 is 0.892 bits per heavy atom. The number of thiophene rings is 1. The Kier molecular flexibility index (Phi) is 13.1. The van der Waals surface area contributed by atoms with Crippen LogP contribution in [0.4, 0.5) is 4.39 Å². The Morgan fingerprint density at radius 3 is 2.27 bits per heavy atom. The van der Waals surface area contributed by atoms with Gasteiger partial charge in [-0.05, 0) is 61.5 Å². The van der Waals surface area contributed by atoms with E-state index in [0.29, 0.717) is 26.1 Å². The number of hydrogen-bond acceptors (Lipinski definition) is 4. The number of amides is 2. The quantitative estimate of drug-likeness (QED) is 0.220. The van der Waals surface area contributed by atoms with Crippen molar-refractivity contribution in [2.45, 2.75) is 84.2 Å². The lowest BCUT2D eigenvalue weighted by Gasteiger charge is -2.29. The molecule has 7 heteroatoms. The van der Waals surface area contributed by atoms with Gasteiger partial charge in [-0.2, -0.15) is 0 Å². The van der Waals surface area contributed by atoms with Gasteiger partial charge in [0.05, 0.1) is 13.1 Å². The van der Waals surface area contributed by atoms with Crippen LogP contribution in [0.3, 0.4) is 0 Å². The second-order valence-electron chi connectivity index (χ2n) is 10.2. The van der Waals surface area contributed by atoms with E-state index in [9.17, 15) is 14.0 Å². The number of nitrogens with zero attached hydrogens (tertiary/aromatic N) is 3. The van der Waals surface area contributed by atoms with Gasteiger partial charge in [0.15, 0.2) is 0 Å². The molecular weight excluding hydrogens is 485 g/mol. The molecule has 0 atom stereocenters. The summed E-state index contributed by atoms with van der Waals surface area (Å²) < 4.78 is 13.4. The van der Waals surface area contributed by atoms with Crippen LogP contribution in [0.2, 0.25) is 0 Å². The molecule has 204 valence electrons. The first-order valence-electron chi connectivity index (χ1n) is 14.1. The predicted molar refractivity (Wildman–Crippen MR) is 150 cm³/mol. The number of hydrogen-bond donors (Lipinski definition) is 0. The molecule has 37 heavy (non-hydrogen) atoms. The van der Waals surface area contributed by atoms with Crippen molar-refractivity contribution in [1.29, 1.82) is 0 Å². The largest absolute Gasteiger partial charge is 0.332 e. The van der Waals surface area contributed by atoms with Crippen LogP contribution in [0.5, 0.6) is 0 Å². The number of halogens is 1. The maximum absolute atomic E-state index is 13.6. The molecule has 0 saturated carbocycles. The summed E-state index contributed by atoms with van der Waals surface area (Å²) in [5.74, 6) is -0.269. The molecule has 1 aromatic carbocycles. The molecule has 1 fully saturated rings. The van der Waals surface area contributed by atoms with Crippen molar-refractivity contribution in [3.05, 3.63) is 58.0 Å². The van der Waals surface area contributed by atoms with Crippen LogP contribution >= 0.6 is 11.3 Å². The Morgan fingerprint density at radius 2 is 1.59 bits per heavy atom. The molecule has 0 bridgehead atoms. The van der Waals surface area contributed by atoms with Gasteiger partial charge in [-0.3, -0.25) is 9.59 Å². The summed E-state index contributed by atoms with van der Waals surface area (Å²) in [5.41, 5.74) is 0.879. The second-order valence-corrected chi connectivity index (χ2v) is 11.2. The van der Waals surface area contributed by atoms with Crippen molar-refractivity contribution >= 4 is 23.2 Å². The molecule has 0 aliphatic carbocycles. The van der Waals surface area contributed by atoms with Gasteiger partial charge in [0, 0.05) is 30.9 Å². The third kappa shape index (κ3) is 10.9. The van der Waals surface area contributed by atoms with E-state index < -0.39 is 0 Å². The highest BCUT2D eigenvalue weighted by Crippen LogP contribution is 2.17. The van der Waals surface area contributed by atoms with Crippen LogP contribution in [0.25, 0.3) is 0 Å². The van der Waals surface area contributed by atoms with E-state index in [2.05, 4.69) is 11.8 Å². The molecule has 1 aliphatic heterocycles. The van der Waals surface area contributed by atoms with Crippen LogP contribution in [-0.4, -0.2) is 59.2 Å². The molecule has 5 nitrogen and oxygen atoms in total. The molecule has 2 amide bonds. The van der Waals surface area contributed by atoms with Crippen molar-refractivity contribution in [1.82, 2.24) is 14.7 Å². The number of likely N-dealkylation sites (tertiary alicyclic amines) is 1. The molecule has 0 spiro atoms. The van der Waals surface area contributed by atoms with E-state index in [1.54, 1.807) is 33.3 Å². The van der Waals surface area contributed by atoms with E-state index >= 15 is 0 Å². The highest BCUT2D eigenvalue weighted by molar-refractivity contribution is 7.09. The van der Waals surface area contributed by atoms with Gasteiger partial charge in [0.25, 0.3) is 0 Å². The zero-order valence-corrected chi connectivity index (χ0v) is 23.3. The van der Waals surface area contributed by atoms with E-state index in [1.807, 2.05) is 17.5 Å². The first-order chi connectivity index (χ1) is 18.0. The Labute approximate surface area is 226 Å². The molecule has 3 rings (SSSR count). The van der Waals surface area contributed by atoms with Gasteiger partial charge in [-0.1, -0.05) is 63.6 Å². The summed E-state index contributed by atoms with van der Waals surface area (Å²) in [5, 5.41) is 2.00. The summed E-state index contributed by atoms with van der Waals surface area (Å²) >= 11 is 1.61. The molecule has 1 aliphatic rings. The standard InChI is InChI=1S/C30H44FN3O2S/c1-2-3-4-5-6-7-8-13-29(35)33(21-20-32-18-9-10-19-32)25-30(36)34(24-28-12-11-22-37-28)23-26-14-16-27(31)17-15-26/h11-12,14-17,22H,2-10,13,18-21,23-25H2,1H3. The lowest BCUT2D eigenvalue weighted by molar-refractivity contribution is -0.141. The first kappa shape index (κ1) is 29.3. The molecular formula is C30H44FN3O2S. The number of carbonyl (C=O) groups is 2. The van der Waals surface area contributed by atoms with E-state index in [0.717, 1.165) is 42.9 Å². The van der Waals surface area contributed by atoms with Gasteiger partial charge in [0.1, 0.15) is 5.82 Å². The predicted octanol–water partition coefficient (Wildman–Crippen LogP) is 6.48. The smallest absolute Gasteiger partial charge is 0.242 e. The molecule has 2 heterocycles. The van der Waals surface area contributed by atoms with Crippen molar-refractivity contribution < 1.29 is 14.0 Å². The van der Waals surface area contributed by atoms with E-state index in [4.69, 9.17) is 0 Å². The summed E-state index contributed by atoms with van der Waals surface area (Å²) in [4.78, 5) is 33.9. The highest BCUT2D eigenvalue weighted by atomic mass is 32.1. The van der Waals surface area contributed by atoms with Crippen molar-refractivity contribution in [2.24, 2.45) is 0 Å². The topological polar surface area (TPSA) is 43.9 Å². The molecule has 2 aromatic rings. The van der Waals surface area contributed by atoms with Crippen LogP contribution in [0, 0.1) is 5.82 Å². The minimum Gasteiger partial charge on any atom is -0.332 e. The number of carbonyl (C=O) groups excluding carboxylic acids is 2. The minimum atomic E-state index is -0.288. The lowest BCUT2D eigenvalue weighted by Crippen LogP contribution is -2.45. The van der Waals surface area contributed by atoms with Gasteiger partial charge < -0.3 is 14.7 Å². The van der Waals surface area contributed by atoms with Gasteiger partial charge in [0.2, 0.25) is 11.8 Å². The summed E-state index contributed by atoms with van der Waals surface area (Å²) in [6.07, 6.45) is 11.1. The third-order valence-electron chi connectivity index (χ3n) is 7.12. The van der Waals surface area contributed by atoms with Gasteiger partial charge in [-0.15, -0.1) is 11.3 Å². The molecule has 1 aromatic heterocycles. The van der Waals surface area contributed by atoms with E-state index in [1.165, 1.54) is 57.1 Å².